The number of fused-ring (bicyclic) bond motifs is 3. The van der Waals surface area contributed by atoms with Crippen molar-refractivity contribution in [3.63, 3.8) is 0 Å². The molecule has 0 radical (unpaired) electrons. The molecule has 3 saturated carbocycles. The summed E-state index contributed by atoms with van der Waals surface area (Å²) in [6, 6.07) is 16.2. The number of esters is 1. The van der Waals surface area contributed by atoms with Crippen molar-refractivity contribution in [2.75, 3.05) is 7.11 Å². The third-order valence-electron chi connectivity index (χ3n) is 10.1. The fourth-order valence-electron chi connectivity index (χ4n) is 7.54. The SMILES string of the molecule is COc1cc(F)c(C=C2CCC(C)(C(=O)OCc3cccc4ccccc34)CC2)cc1C(=O)N[C@@H]1[C@H]2CC[C@H](C2)[C@@H]1C(=O)O. The standard InChI is InChI=1S/C36H38FNO6/c1-36(35(42)44-20-25-8-5-7-22-6-3-4-9-27(22)25)14-12-21(13-15-36)16-26-18-28(30(43-2)19-29(26)37)33(39)38-32-24-11-10-23(17-24)31(32)34(40)41/h3-9,16,18-19,23-24,31-32H,10-15,17,20H2,1-2H3,(H,38,39)(H,40,41)/t23-,24+,31+,32-,36?/m1/s1. The lowest BCUT2D eigenvalue weighted by molar-refractivity contribution is -0.157. The van der Waals surface area contributed by atoms with Crippen molar-refractivity contribution in [1.29, 1.82) is 0 Å². The number of hydrogen-bond donors (Lipinski definition) is 2. The second kappa shape index (κ2) is 12.1. The maximum Gasteiger partial charge on any atom is 0.312 e. The number of amides is 1. The van der Waals surface area contributed by atoms with E-state index in [4.69, 9.17) is 9.47 Å². The van der Waals surface area contributed by atoms with Gasteiger partial charge in [-0.2, -0.15) is 0 Å². The summed E-state index contributed by atoms with van der Waals surface area (Å²) in [5.74, 6) is -2.41. The highest BCUT2D eigenvalue weighted by Crippen LogP contribution is 2.49. The van der Waals surface area contributed by atoms with E-state index in [-0.39, 0.29) is 41.3 Å². The summed E-state index contributed by atoms with van der Waals surface area (Å²) in [6.45, 7) is 2.13. The van der Waals surface area contributed by atoms with Crippen molar-refractivity contribution in [1.82, 2.24) is 5.32 Å². The van der Waals surface area contributed by atoms with E-state index in [1.807, 2.05) is 49.4 Å². The van der Waals surface area contributed by atoms with Gasteiger partial charge in [0.15, 0.2) is 0 Å². The molecule has 3 fully saturated rings. The molecule has 3 aromatic rings. The zero-order valence-electron chi connectivity index (χ0n) is 25.1. The van der Waals surface area contributed by atoms with Gasteiger partial charge in [0.05, 0.1) is 24.0 Å². The summed E-state index contributed by atoms with van der Waals surface area (Å²) in [5.41, 5.74) is 1.73. The molecule has 6 rings (SSSR count). The van der Waals surface area contributed by atoms with E-state index in [9.17, 15) is 19.5 Å². The van der Waals surface area contributed by atoms with Crippen LogP contribution in [0.2, 0.25) is 0 Å². The van der Waals surface area contributed by atoms with Crippen LogP contribution in [0.15, 0.2) is 60.2 Å². The molecule has 0 spiro atoms. The fraction of sp³-hybridized carbons (Fsp3) is 0.417. The number of carbonyl (C=O) groups is 3. The molecule has 0 unspecified atom stereocenters. The molecule has 3 aromatic carbocycles. The highest BCUT2D eigenvalue weighted by molar-refractivity contribution is 5.98. The smallest absolute Gasteiger partial charge is 0.312 e. The van der Waals surface area contributed by atoms with Gasteiger partial charge in [-0.25, -0.2) is 4.39 Å². The molecule has 8 heteroatoms. The van der Waals surface area contributed by atoms with Crippen molar-refractivity contribution in [3.8, 4) is 5.75 Å². The van der Waals surface area contributed by atoms with Crippen molar-refractivity contribution in [2.45, 2.75) is 64.5 Å². The van der Waals surface area contributed by atoms with E-state index in [1.165, 1.54) is 19.2 Å². The van der Waals surface area contributed by atoms with Gasteiger partial charge in [0.2, 0.25) is 0 Å². The summed E-state index contributed by atoms with van der Waals surface area (Å²) in [4.78, 5) is 38.5. The maximum atomic E-state index is 15.2. The monoisotopic (exact) mass is 599 g/mol. The number of hydrogen-bond acceptors (Lipinski definition) is 5. The first-order chi connectivity index (χ1) is 21.2. The number of rotatable bonds is 8. The number of aliphatic carboxylic acids is 1. The summed E-state index contributed by atoms with van der Waals surface area (Å²) in [6.07, 6.45) is 6.65. The van der Waals surface area contributed by atoms with Crippen LogP contribution >= 0.6 is 0 Å². The first kappa shape index (κ1) is 29.9. The van der Waals surface area contributed by atoms with Crippen LogP contribution in [-0.4, -0.2) is 36.1 Å². The third-order valence-corrected chi connectivity index (χ3v) is 10.1. The molecule has 230 valence electrons. The Morgan fingerprint density at radius 2 is 1.77 bits per heavy atom. The van der Waals surface area contributed by atoms with Crippen LogP contribution in [0.3, 0.4) is 0 Å². The van der Waals surface area contributed by atoms with E-state index in [2.05, 4.69) is 5.32 Å². The molecule has 3 aliphatic rings. The van der Waals surface area contributed by atoms with Crippen LogP contribution in [0.5, 0.6) is 5.75 Å². The molecule has 0 saturated heterocycles. The van der Waals surface area contributed by atoms with Crippen LogP contribution in [0.4, 0.5) is 4.39 Å². The Balaban J connectivity index is 1.13. The summed E-state index contributed by atoms with van der Waals surface area (Å²) < 4.78 is 26.3. The number of halogens is 1. The molecule has 0 heterocycles. The molecule has 44 heavy (non-hydrogen) atoms. The molecule has 4 atom stereocenters. The van der Waals surface area contributed by atoms with Gasteiger partial charge in [-0.3, -0.25) is 14.4 Å². The molecule has 0 aromatic heterocycles. The number of methoxy groups -OCH3 is 1. The lowest BCUT2D eigenvalue weighted by Gasteiger charge is -2.32. The molecule has 0 aliphatic heterocycles. The van der Waals surface area contributed by atoms with Gasteiger partial charge in [-0.15, -0.1) is 0 Å². The van der Waals surface area contributed by atoms with Crippen LogP contribution in [0, 0.1) is 29.0 Å². The zero-order chi connectivity index (χ0) is 31.0. The van der Waals surface area contributed by atoms with E-state index in [1.54, 1.807) is 6.08 Å². The lowest BCUT2D eigenvalue weighted by atomic mass is 9.73. The summed E-state index contributed by atoms with van der Waals surface area (Å²) in [5, 5.41) is 14.9. The molecular weight excluding hydrogens is 561 g/mol. The number of ether oxygens (including phenoxy) is 2. The minimum Gasteiger partial charge on any atom is -0.496 e. The van der Waals surface area contributed by atoms with E-state index in [0.717, 1.165) is 41.2 Å². The van der Waals surface area contributed by atoms with E-state index < -0.39 is 35.1 Å². The number of carbonyl (C=O) groups excluding carboxylic acids is 2. The number of nitrogens with one attached hydrogen (secondary N) is 1. The second-order valence-electron chi connectivity index (χ2n) is 12.8. The van der Waals surface area contributed by atoms with Gasteiger partial charge in [0.1, 0.15) is 18.2 Å². The highest BCUT2D eigenvalue weighted by atomic mass is 19.1. The molecule has 7 nitrogen and oxygen atoms in total. The van der Waals surface area contributed by atoms with Crippen molar-refractivity contribution in [2.24, 2.45) is 23.2 Å². The van der Waals surface area contributed by atoms with E-state index in [0.29, 0.717) is 25.7 Å². The minimum absolute atomic E-state index is 0.0747. The number of allylic oxidation sites excluding steroid dienone is 1. The summed E-state index contributed by atoms with van der Waals surface area (Å²) >= 11 is 0. The van der Waals surface area contributed by atoms with Crippen LogP contribution in [0.1, 0.15) is 73.4 Å². The molecule has 2 N–H and O–H groups in total. The van der Waals surface area contributed by atoms with Gasteiger partial charge in [0.25, 0.3) is 5.91 Å². The Morgan fingerprint density at radius 1 is 1.05 bits per heavy atom. The van der Waals surface area contributed by atoms with Gasteiger partial charge >= 0.3 is 11.9 Å². The Labute approximate surface area is 256 Å². The average molecular weight is 600 g/mol. The Hall–Kier alpha value is -4.20. The van der Waals surface area contributed by atoms with E-state index >= 15 is 4.39 Å². The zero-order valence-corrected chi connectivity index (χ0v) is 25.1. The quantitative estimate of drug-likeness (QED) is 0.273. The first-order valence-corrected chi connectivity index (χ1v) is 15.4. The van der Waals surface area contributed by atoms with Crippen LogP contribution in [0.25, 0.3) is 16.8 Å². The molecule has 1 amide bonds. The average Bonchev–Trinajstić information content (AvgIpc) is 3.64. The Morgan fingerprint density at radius 3 is 2.52 bits per heavy atom. The number of carboxylic acid groups (broad SMARTS) is 1. The van der Waals surface area contributed by atoms with Gasteiger partial charge in [0, 0.05) is 17.7 Å². The summed E-state index contributed by atoms with van der Waals surface area (Å²) in [7, 11) is 1.38. The molecule has 2 bridgehead atoms. The van der Waals surface area contributed by atoms with Crippen molar-refractivity contribution < 1.29 is 33.4 Å². The largest absolute Gasteiger partial charge is 0.496 e. The Kier molecular flexibility index (Phi) is 8.18. The van der Waals surface area contributed by atoms with Crippen molar-refractivity contribution in [3.05, 3.63) is 82.7 Å². The predicted molar refractivity (Wildman–Crippen MR) is 164 cm³/mol. The van der Waals surface area contributed by atoms with Gasteiger partial charge in [-0.1, -0.05) is 54.1 Å². The normalized spacial score (nSPS) is 25.9. The van der Waals surface area contributed by atoms with Gasteiger partial charge in [-0.05, 0) is 86.1 Å². The third kappa shape index (κ3) is 5.70. The fourth-order valence-corrected chi connectivity index (χ4v) is 7.54. The number of benzene rings is 3. The topological polar surface area (TPSA) is 102 Å². The molecular formula is C36H38FNO6. The minimum atomic E-state index is -0.888. The first-order valence-electron chi connectivity index (χ1n) is 15.4. The number of carboxylic acids is 1. The van der Waals surface area contributed by atoms with Crippen LogP contribution in [-0.2, 0) is 20.9 Å². The maximum absolute atomic E-state index is 15.2. The highest BCUT2D eigenvalue weighted by Gasteiger charge is 2.51. The predicted octanol–water partition coefficient (Wildman–Crippen LogP) is 6.92. The second-order valence-corrected chi connectivity index (χ2v) is 12.8. The molecule has 3 aliphatic carbocycles. The van der Waals surface area contributed by atoms with Crippen LogP contribution < -0.4 is 10.1 Å². The Bertz CT molecular complexity index is 1630. The van der Waals surface area contributed by atoms with Gasteiger partial charge < -0.3 is 19.9 Å². The van der Waals surface area contributed by atoms with Crippen molar-refractivity contribution >= 4 is 34.7 Å². The lowest BCUT2D eigenvalue weighted by Crippen LogP contribution is -2.46.